The molecular formula is C19H27NO6. The lowest BCUT2D eigenvalue weighted by atomic mass is 10.2. The fourth-order valence-electron chi connectivity index (χ4n) is 2.77. The zero-order valence-corrected chi connectivity index (χ0v) is 15.9. The molecule has 0 bridgehead atoms. The van der Waals surface area contributed by atoms with E-state index in [0.717, 1.165) is 17.2 Å². The summed E-state index contributed by atoms with van der Waals surface area (Å²) in [7, 11) is 6.26. The highest BCUT2D eigenvalue weighted by molar-refractivity contribution is 5.63. The smallest absolute Gasteiger partial charge is 0.203 e. The van der Waals surface area contributed by atoms with E-state index >= 15 is 0 Å². The van der Waals surface area contributed by atoms with Gasteiger partial charge in [-0.1, -0.05) is 0 Å². The van der Waals surface area contributed by atoms with Gasteiger partial charge in [0.1, 0.15) is 11.5 Å². The molecule has 7 nitrogen and oxygen atoms in total. The zero-order chi connectivity index (χ0) is 19.1. The largest absolute Gasteiger partial charge is 0.493 e. The highest BCUT2D eigenvalue weighted by atomic mass is 16.5. The molecule has 0 radical (unpaired) electrons. The van der Waals surface area contributed by atoms with Crippen LogP contribution in [0, 0.1) is 6.92 Å². The van der Waals surface area contributed by atoms with Crippen LogP contribution < -0.4 is 19.1 Å². The Morgan fingerprint density at radius 1 is 1.04 bits per heavy atom. The first-order valence-electron chi connectivity index (χ1n) is 8.29. The maximum absolute atomic E-state index is 10.2. The summed E-state index contributed by atoms with van der Waals surface area (Å²) >= 11 is 0. The van der Waals surface area contributed by atoms with Crippen LogP contribution in [0.15, 0.2) is 28.7 Å². The third-order valence-corrected chi connectivity index (χ3v) is 3.95. The summed E-state index contributed by atoms with van der Waals surface area (Å²) in [6.07, 6.45) is -0.657. The SMILES string of the molecule is COCC(O)CN(Cc1ccc(C)o1)c1cc(OC)c(OC)c(OC)c1. The molecular weight excluding hydrogens is 338 g/mol. The van der Waals surface area contributed by atoms with E-state index < -0.39 is 6.10 Å². The lowest BCUT2D eigenvalue weighted by molar-refractivity contribution is 0.0684. The predicted molar refractivity (Wildman–Crippen MR) is 98.5 cm³/mol. The van der Waals surface area contributed by atoms with Gasteiger partial charge >= 0.3 is 0 Å². The minimum absolute atomic E-state index is 0.234. The maximum Gasteiger partial charge on any atom is 0.203 e. The molecule has 1 aromatic heterocycles. The minimum Gasteiger partial charge on any atom is -0.493 e. The van der Waals surface area contributed by atoms with Gasteiger partial charge in [0.15, 0.2) is 11.5 Å². The first-order valence-corrected chi connectivity index (χ1v) is 8.29. The predicted octanol–water partition coefficient (Wildman–Crippen LogP) is 2.63. The quantitative estimate of drug-likeness (QED) is 0.694. The van der Waals surface area contributed by atoms with E-state index in [9.17, 15) is 5.11 Å². The van der Waals surface area contributed by atoms with Gasteiger partial charge in [0.05, 0.1) is 40.6 Å². The van der Waals surface area contributed by atoms with Crippen molar-refractivity contribution in [1.29, 1.82) is 0 Å². The van der Waals surface area contributed by atoms with Gasteiger partial charge in [-0.25, -0.2) is 0 Å². The second-order valence-electron chi connectivity index (χ2n) is 5.89. The molecule has 0 aliphatic carbocycles. The second-order valence-corrected chi connectivity index (χ2v) is 5.89. The van der Waals surface area contributed by atoms with Gasteiger partial charge in [0, 0.05) is 31.5 Å². The molecule has 0 saturated heterocycles. The molecule has 0 fully saturated rings. The molecule has 1 atom stereocenters. The second kappa shape index (κ2) is 9.35. The van der Waals surface area contributed by atoms with E-state index in [1.807, 2.05) is 36.1 Å². The number of nitrogens with zero attached hydrogens (tertiary/aromatic N) is 1. The molecule has 144 valence electrons. The van der Waals surface area contributed by atoms with Crippen molar-refractivity contribution in [3.05, 3.63) is 35.8 Å². The van der Waals surface area contributed by atoms with Crippen LogP contribution in [0.25, 0.3) is 0 Å². The third kappa shape index (κ3) is 4.83. The molecule has 7 heteroatoms. The van der Waals surface area contributed by atoms with E-state index in [0.29, 0.717) is 30.3 Å². The van der Waals surface area contributed by atoms with Crippen LogP contribution in [0.1, 0.15) is 11.5 Å². The Bertz CT molecular complexity index is 674. The Morgan fingerprint density at radius 3 is 2.15 bits per heavy atom. The van der Waals surface area contributed by atoms with E-state index in [1.165, 1.54) is 0 Å². The topological polar surface area (TPSA) is 73.5 Å². The Morgan fingerprint density at radius 2 is 1.69 bits per heavy atom. The van der Waals surface area contributed by atoms with Gasteiger partial charge in [-0.3, -0.25) is 0 Å². The molecule has 0 aliphatic heterocycles. The van der Waals surface area contributed by atoms with Crippen LogP contribution in [0.2, 0.25) is 0 Å². The van der Waals surface area contributed by atoms with Crippen molar-refractivity contribution in [2.24, 2.45) is 0 Å². The first-order chi connectivity index (χ1) is 12.5. The number of furan rings is 1. The highest BCUT2D eigenvalue weighted by Gasteiger charge is 2.20. The minimum atomic E-state index is -0.657. The fraction of sp³-hybridized carbons (Fsp3) is 0.474. The van der Waals surface area contributed by atoms with Gasteiger partial charge in [0.2, 0.25) is 5.75 Å². The van der Waals surface area contributed by atoms with Crippen LogP contribution in [0.3, 0.4) is 0 Å². The van der Waals surface area contributed by atoms with Crippen molar-refractivity contribution in [3.63, 3.8) is 0 Å². The molecule has 2 rings (SSSR count). The van der Waals surface area contributed by atoms with Gasteiger partial charge < -0.3 is 33.4 Å². The Balaban J connectivity index is 2.39. The third-order valence-electron chi connectivity index (χ3n) is 3.95. The summed E-state index contributed by atoms with van der Waals surface area (Å²) < 4.78 is 27.0. The van der Waals surface area contributed by atoms with Crippen molar-refractivity contribution in [3.8, 4) is 17.2 Å². The van der Waals surface area contributed by atoms with Gasteiger partial charge in [-0.2, -0.15) is 0 Å². The molecule has 1 N–H and O–H groups in total. The number of ether oxygens (including phenoxy) is 4. The van der Waals surface area contributed by atoms with E-state index in [1.54, 1.807) is 28.4 Å². The van der Waals surface area contributed by atoms with Crippen LogP contribution in [0.5, 0.6) is 17.2 Å². The number of rotatable bonds is 10. The van der Waals surface area contributed by atoms with Gasteiger partial charge in [-0.15, -0.1) is 0 Å². The van der Waals surface area contributed by atoms with Crippen molar-refractivity contribution in [2.45, 2.75) is 19.6 Å². The number of benzene rings is 1. The molecule has 0 saturated carbocycles. The monoisotopic (exact) mass is 365 g/mol. The number of anilines is 1. The molecule has 1 aromatic carbocycles. The molecule has 26 heavy (non-hydrogen) atoms. The van der Waals surface area contributed by atoms with Crippen molar-refractivity contribution < 1.29 is 28.5 Å². The Kier molecular flexibility index (Phi) is 7.17. The number of methoxy groups -OCH3 is 4. The van der Waals surface area contributed by atoms with E-state index in [-0.39, 0.29) is 6.61 Å². The van der Waals surface area contributed by atoms with Crippen LogP contribution in [-0.2, 0) is 11.3 Å². The maximum atomic E-state index is 10.2. The summed E-state index contributed by atoms with van der Waals surface area (Å²) in [6, 6.07) is 7.52. The number of aryl methyl sites for hydroxylation is 1. The number of aliphatic hydroxyl groups excluding tert-OH is 1. The molecule has 0 amide bonds. The summed E-state index contributed by atoms with van der Waals surface area (Å²) in [5, 5.41) is 10.2. The summed E-state index contributed by atoms with van der Waals surface area (Å²) in [4.78, 5) is 1.98. The Hall–Kier alpha value is -2.38. The van der Waals surface area contributed by atoms with Gasteiger partial charge in [0.25, 0.3) is 0 Å². The lowest BCUT2D eigenvalue weighted by Gasteiger charge is -2.27. The lowest BCUT2D eigenvalue weighted by Crippen LogP contribution is -2.34. The van der Waals surface area contributed by atoms with Crippen molar-refractivity contribution in [1.82, 2.24) is 0 Å². The first kappa shape index (κ1) is 19.9. The normalized spacial score (nSPS) is 11.9. The molecule has 2 aromatic rings. The summed E-state index contributed by atoms with van der Waals surface area (Å²) in [5.41, 5.74) is 0.809. The molecule has 0 spiro atoms. The van der Waals surface area contributed by atoms with E-state index in [2.05, 4.69) is 0 Å². The average molecular weight is 365 g/mol. The number of hydrogen-bond acceptors (Lipinski definition) is 7. The van der Waals surface area contributed by atoms with Crippen LogP contribution >= 0.6 is 0 Å². The molecule has 1 heterocycles. The fourth-order valence-corrected chi connectivity index (χ4v) is 2.77. The van der Waals surface area contributed by atoms with Crippen molar-refractivity contribution in [2.75, 3.05) is 46.5 Å². The Labute approximate surface area is 154 Å². The van der Waals surface area contributed by atoms with Crippen molar-refractivity contribution >= 4 is 5.69 Å². The highest BCUT2D eigenvalue weighted by Crippen LogP contribution is 2.41. The van der Waals surface area contributed by atoms with Crippen LogP contribution in [-0.4, -0.2) is 52.8 Å². The zero-order valence-electron chi connectivity index (χ0n) is 15.9. The number of aliphatic hydroxyl groups is 1. The number of hydrogen-bond donors (Lipinski definition) is 1. The summed E-state index contributed by atoms with van der Waals surface area (Å²) in [5.74, 6) is 3.24. The summed E-state index contributed by atoms with van der Waals surface area (Å²) in [6.45, 7) is 2.96. The average Bonchev–Trinajstić information content (AvgIpc) is 3.04. The van der Waals surface area contributed by atoms with Crippen LogP contribution in [0.4, 0.5) is 5.69 Å². The molecule has 1 unspecified atom stereocenters. The van der Waals surface area contributed by atoms with E-state index in [4.69, 9.17) is 23.4 Å². The molecule has 0 aliphatic rings. The van der Waals surface area contributed by atoms with Gasteiger partial charge in [-0.05, 0) is 19.1 Å². The standard InChI is InChI=1S/C19H27NO6/c1-13-6-7-16(26-13)11-20(10-15(21)12-22-2)14-8-17(23-3)19(25-5)18(9-14)24-4/h6-9,15,21H,10-12H2,1-5H3.